The fraction of sp³-hybridized carbons (Fsp3) is 0.600. The molecule has 1 N–H and O–H groups in total. The van der Waals surface area contributed by atoms with E-state index in [9.17, 15) is 0 Å². The van der Waals surface area contributed by atoms with Crippen LogP contribution >= 0.6 is 0 Å². The number of hydrogen-bond donors (Lipinski definition) is 1. The van der Waals surface area contributed by atoms with Crippen molar-refractivity contribution in [3.63, 3.8) is 0 Å². The van der Waals surface area contributed by atoms with Crippen LogP contribution in [0.25, 0.3) is 0 Å². The Morgan fingerprint density at radius 2 is 1.83 bits per heavy atom. The summed E-state index contributed by atoms with van der Waals surface area (Å²) in [4.78, 5) is 0. The second-order valence-corrected chi connectivity index (χ2v) is 1.79. The SMILES string of the molecule is CC1=C(O)C1C. The van der Waals surface area contributed by atoms with E-state index in [-0.39, 0.29) is 0 Å². The first kappa shape index (κ1) is 3.72. The average Bonchev–Trinajstić information content (AvgIpc) is 1.94. The molecule has 0 spiro atoms. The lowest BCUT2D eigenvalue weighted by molar-refractivity contribution is 0.415. The van der Waals surface area contributed by atoms with Gasteiger partial charge in [0.1, 0.15) is 0 Å². The second kappa shape index (κ2) is 0.780. The van der Waals surface area contributed by atoms with Gasteiger partial charge in [0.2, 0.25) is 0 Å². The van der Waals surface area contributed by atoms with Crippen molar-refractivity contribution >= 4 is 0 Å². The highest BCUT2D eigenvalue weighted by atomic mass is 16.3. The topological polar surface area (TPSA) is 20.2 Å². The molecule has 1 heteroatoms. The van der Waals surface area contributed by atoms with Crippen molar-refractivity contribution in [1.82, 2.24) is 0 Å². The van der Waals surface area contributed by atoms with Crippen molar-refractivity contribution in [2.75, 3.05) is 0 Å². The van der Waals surface area contributed by atoms with Gasteiger partial charge in [-0.05, 0) is 12.5 Å². The summed E-state index contributed by atoms with van der Waals surface area (Å²) >= 11 is 0. The number of aliphatic hydroxyl groups is 1. The minimum Gasteiger partial charge on any atom is -0.512 e. The molecule has 0 saturated heterocycles. The molecule has 6 heavy (non-hydrogen) atoms. The molecule has 0 heterocycles. The van der Waals surface area contributed by atoms with Crippen LogP contribution in [0.2, 0.25) is 0 Å². The number of rotatable bonds is 0. The molecule has 0 fully saturated rings. The van der Waals surface area contributed by atoms with E-state index in [4.69, 9.17) is 5.11 Å². The normalized spacial score (nSPS) is 31.3. The molecule has 1 aliphatic rings. The van der Waals surface area contributed by atoms with Crippen LogP contribution in [0.3, 0.4) is 0 Å². The van der Waals surface area contributed by atoms with E-state index in [0.29, 0.717) is 11.7 Å². The first-order valence-electron chi connectivity index (χ1n) is 2.13. The predicted octanol–water partition coefficient (Wildman–Crippen LogP) is 1.47. The molecular formula is C5H8O. The molecule has 0 aromatic rings. The van der Waals surface area contributed by atoms with Gasteiger partial charge in [0.15, 0.2) is 0 Å². The summed E-state index contributed by atoms with van der Waals surface area (Å²) in [7, 11) is 0. The quantitative estimate of drug-likeness (QED) is 0.471. The van der Waals surface area contributed by atoms with Gasteiger partial charge < -0.3 is 5.11 Å². The van der Waals surface area contributed by atoms with Crippen molar-refractivity contribution in [1.29, 1.82) is 0 Å². The lowest BCUT2D eigenvalue weighted by Gasteiger charge is -1.71. The molecule has 0 aromatic carbocycles. The van der Waals surface area contributed by atoms with Crippen LogP contribution in [0.1, 0.15) is 13.8 Å². The van der Waals surface area contributed by atoms with Gasteiger partial charge in [0.05, 0.1) is 5.76 Å². The zero-order valence-electron chi connectivity index (χ0n) is 4.02. The summed E-state index contributed by atoms with van der Waals surface area (Å²) < 4.78 is 0. The van der Waals surface area contributed by atoms with Crippen molar-refractivity contribution in [2.24, 2.45) is 5.92 Å². The maximum atomic E-state index is 8.58. The second-order valence-electron chi connectivity index (χ2n) is 1.79. The van der Waals surface area contributed by atoms with E-state index >= 15 is 0 Å². The van der Waals surface area contributed by atoms with E-state index in [1.165, 1.54) is 0 Å². The third-order valence-corrected chi connectivity index (χ3v) is 1.38. The Hall–Kier alpha value is -0.460. The summed E-state index contributed by atoms with van der Waals surface area (Å²) in [5.74, 6) is 1.00. The van der Waals surface area contributed by atoms with Crippen LogP contribution in [0.15, 0.2) is 11.3 Å². The molecule has 1 rings (SSSR count). The number of aliphatic hydroxyl groups excluding tert-OH is 1. The summed E-state index contributed by atoms with van der Waals surface area (Å²) in [5, 5.41) is 8.58. The van der Waals surface area contributed by atoms with Gasteiger partial charge in [-0.25, -0.2) is 0 Å². The predicted molar refractivity (Wildman–Crippen MR) is 24.5 cm³/mol. The Balaban J connectivity index is 2.54. The Morgan fingerprint density at radius 1 is 1.67 bits per heavy atom. The fourth-order valence-electron chi connectivity index (χ4n) is 0.461. The fourth-order valence-corrected chi connectivity index (χ4v) is 0.461. The molecule has 0 radical (unpaired) electrons. The zero-order chi connectivity index (χ0) is 4.73. The van der Waals surface area contributed by atoms with Gasteiger partial charge in [-0.2, -0.15) is 0 Å². The zero-order valence-corrected chi connectivity index (χ0v) is 4.02. The highest BCUT2D eigenvalue weighted by Crippen LogP contribution is 2.34. The molecule has 0 bridgehead atoms. The highest BCUT2D eigenvalue weighted by molar-refractivity contribution is 5.31. The molecular weight excluding hydrogens is 76.1 g/mol. The molecule has 0 amide bonds. The maximum absolute atomic E-state index is 8.58. The van der Waals surface area contributed by atoms with Crippen molar-refractivity contribution in [3.8, 4) is 0 Å². The van der Waals surface area contributed by atoms with E-state index in [1.807, 2.05) is 13.8 Å². The monoisotopic (exact) mass is 84.1 g/mol. The molecule has 1 unspecified atom stereocenters. The van der Waals surface area contributed by atoms with Gasteiger partial charge in [0.25, 0.3) is 0 Å². The first-order valence-corrected chi connectivity index (χ1v) is 2.13. The molecule has 1 atom stereocenters. The lowest BCUT2D eigenvalue weighted by atomic mass is 10.4. The van der Waals surface area contributed by atoms with Crippen molar-refractivity contribution in [3.05, 3.63) is 11.3 Å². The molecule has 1 nitrogen and oxygen atoms in total. The number of hydrogen-bond acceptors (Lipinski definition) is 1. The van der Waals surface area contributed by atoms with Gasteiger partial charge in [-0.3, -0.25) is 0 Å². The van der Waals surface area contributed by atoms with E-state index in [1.54, 1.807) is 0 Å². The molecule has 0 aliphatic heterocycles. The summed E-state index contributed by atoms with van der Waals surface area (Å²) in [6.07, 6.45) is 0. The van der Waals surface area contributed by atoms with Gasteiger partial charge in [-0.1, -0.05) is 6.92 Å². The van der Waals surface area contributed by atoms with Gasteiger partial charge in [0, 0.05) is 5.92 Å². The Bertz CT molecular complexity index is 90.5. The van der Waals surface area contributed by atoms with E-state index < -0.39 is 0 Å². The largest absolute Gasteiger partial charge is 0.512 e. The van der Waals surface area contributed by atoms with Crippen LogP contribution < -0.4 is 0 Å². The van der Waals surface area contributed by atoms with Crippen LogP contribution in [-0.4, -0.2) is 5.11 Å². The highest BCUT2D eigenvalue weighted by Gasteiger charge is 2.26. The van der Waals surface area contributed by atoms with Gasteiger partial charge in [-0.15, -0.1) is 0 Å². The van der Waals surface area contributed by atoms with Crippen LogP contribution in [0.4, 0.5) is 0 Å². The van der Waals surface area contributed by atoms with Crippen LogP contribution in [0.5, 0.6) is 0 Å². The Labute approximate surface area is 37.3 Å². The molecule has 1 aliphatic carbocycles. The summed E-state index contributed by atoms with van der Waals surface area (Å²) in [5.41, 5.74) is 1.15. The minimum absolute atomic E-state index is 0.407. The third kappa shape index (κ3) is 0.251. The third-order valence-electron chi connectivity index (χ3n) is 1.38. The van der Waals surface area contributed by atoms with Crippen molar-refractivity contribution < 1.29 is 5.11 Å². The molecule has 0 aromatic heterocycles. The van der Waals surface area contributed by atoms with E-state index in [0.717, 1.165) is 5.57 Å². The summed E-state index contributed by atoms with van der Waals surface area (Å²) in [6, 6.07) is 0. The Morgan fingerprint density at radius 3 is 1.83 bits per heavy atom. The molecule has 34 valence electrons. The molecule has 0 saturated carbocycles. The summed E-state index contributed by atoms with van der Waals surface area (Å²) in [6.45, 7) is 3.94. The van der Waals surface area contributed by atoms with Gasteiger partial charge >= 0.3 is 0 Å². The lowest BCUT2D eigenvalue weighted by Crippen LogP contribution is -1.64. The van der Waals surface area contributed by atoms with Crippen molar-refractivity contribution in [2.45, 2.75) is 13.8 Å². The minimum atomic E-state index is 0.407. The first-order chi connectivity index (χ1) is 2.73. The maximum Gasteiger partial charge on any atom is 0.0988 e. The Kier molecular flexibility index (Phi) is 0.484. The smallest absolute Gasteiger partial charge is 0.0988 e. The number of allylic oxidation sites excluding steroid dienone is 2. The van der Waals surface area contributed by atoms with E-state index in [2.05, 4.69) is 0 Å². The average molecular weight is 84.1 g/mol. The van der Waals surface area contributed by atoms with Crippen LogP contribution in [0, 0.1) is 5.92 Å². The standard InChI is InChI=1S/C5H8O/c1-3-4(2)5(3)6/h3,6H,1-2H3. The van der Waals surface area contributed by atoms with Crippen LogP contribution in [-0.2, 0) is 0 Å².